The number of carbonyl (C=O) groups is 5. The third-order valence-corrected chi connectivity index (χ3v) is 6.41. The van der Waals surface area contributed by atoms with E-state index in [9.17, 15) is 54.7 Å². The van der Waals surface area contributed by atoms with Crippen molar-refractivity contribution in [2.45, 2.75) is 43.9 Å². The van der Waals surface area contributed by atoms with Gasteiger partial charge in [0.05, 0.1) is 17.6 Å². The van der Waals surface area contributed by atoms with Crippen LogP contribution in [-0.2, 0) is 28.7 Å². The quantitative estimate of drug-likeness (QED) is 0.315. The first-order valence-electron chi connectivity index (χ1n) is 11.8. The normalized spacial score (nSPS) is 22.0. The number of benzene rings is 1. The Balaban J connectivity index is 1.81. The molecule has 2 aliphatic heterocycles. The first-order chi connectivity index (χ1) is 18.6. The van der Waals surface area contributed by atoms with Crippen LogP contribution < -0.4 is 16.0 Å². The van der Waals surface area contributed by atoms with Crippen molar-refractivity contribution in [2.75, 3.05) is 25.0 Å². The summed E-state index contributed by atoms with van der Waals surface area (Å²) in [6, 6.07) is 0.828. The maximum Gasteiger partial charge on any atom is 0.522 e. The van der Waals surface area contributed by atoms with E-state index in [1.807, 2.05) is 10.6 Å². The predicted molar refractivity (Wildman–Crippen MR) is 119 cm³/mol. The number of ether oxygens (including phenoxy) is 1. The molecule has 17 heteroatoms. The summed E-state index contributed by atoms with van der Waals surface area (Å²) < 4.78 is 95.3. The fourth-order valence-corrected chi connectivity index (χ4v) is 4.36. The zero-order valence-corrected chi connectivity index (χ0v) is 20.4. The Hall–Kier alpha value is -3.76. The molecule has 1 unspecified atom stereocenters. The summed E-state index contributed by atoms with van der Waals surface area (Å²) in [7, 11) is 0. The fraction of sp³-hybridized carbons (Fsp3) is 0.522. The van der Waals surface area contributed by atoms with Gasteiger partial charge in [0, 0.05) is 19.0 Å². The molecule has 2 heterocycles. The monoisotopic (exact) mass is 584 g/mol. The smallest absolute Gasteiger partial charge is 0.356 e. The van der Waals surface area contributed by atoms with Crippen LogP contribution >= 0.6 is 0 Å². The lowest BCUT2D eigenvalue weighted by atomic mass is 9.95. The van der Waals surface area contributed by atoms with Gasteiger partial charge in [0.1, 0.15) is 18.5 Å². The molecule has 0 aromatic heterocycles. The van der Waals surface area contributed by atoms with E-state index in [0.29, 0.717) is 4.90 Å². The number of hydrogen-bond acceptors (Lipinski definition) is 6. The second kappa shape index (κ2) is 12.2. The lowest BCUT2D eigenvalue weighted by Crippen LogP contribution is -2.53. The molecule has 2 fully saturated rings. The van der Waals surface area contributed by atoms with Crippen molar-refractivity contribution in [3.8, 4) is 0 Å². The van der Waals surface area contributed by atoms with Gasteiger partial charge >= 0.3 is 24.4 Å². The van der Waals surface area contributed by atoms with Gasteiger partial charge in [-0.25, -0.2) is 4.39 Å². The lowest BCUT2D eigenvalue weighted by molar-refractivity contribution is -0.321. The van der Waals surface area contributed by atoms with E-state index in [2.05, 4.69) is 10.1 Å². The molecule has 3 N–H and O–H groups in total. The first kappa shape index (κ1) is 30.8. The van der Waals surface area contributed by atoms with Crippen LogP contribution in [0.5, 0.6) is 0 Å². The number of hydrogen-bond donors (Lipinski definition) is 3. The number of alkyl halides is 6. The van der Waals surface area contributed by atoms with E-state index >= 15 is 0 Å². The molecule has 2 saturated heterocycles. The Kier molecular flexibility index (Phi) is 9.37. The van der Waals surface area contributed by atoms with E-state index in [4.69, 9.17) is 0 Å². The molecule has 1 aromatic rings. The van der Waals surface area contributed by atoms with Crippen LogP contribution in [0.1, 0.15) is 19.3 Å². The molecule has 4 amide bonds. The summed E-state index contributed by atoms with van der Waals surface area (Å²) in [6.45, 7) is -2.51. The second-order valence-electron chi connectivity index (χ2n) is 9.16. The second-order valence-corrected chi connectivity index (χ2v) is 9.16. The third kappa shape index (κ3) is 7.89. The van der Waals surface area contributed by atoms with Gasteiger partial charge in [-0.2, -0.15) is 13.2 Å². The number of nitrogens with zero attached hydrogens (tertiary/aromatic N) is 1. The Morgan fingerprint density at radius 2 is 1.77 bits per heavy atom. The fourth-order valence-electron chi connectivity index (χ4n) is 4.36. The lowest BCUT2D eigenvalue weighted by Gasteiger charge is -2.26. The number of carbonyl (C=O) groups excluding carboxylic acids is 5. The van der Waals surface area contributed by atoms with Crippen molar-refractivity contribution in [1.29, 1.82) is 0 Å². The van der Waals surface area contributed by atoms with Crippen LogP contribution in [0, 0.1) is 17.7 Å². The molecule has 4 atom stereocenters. The molecule has 1 aromatic carbocycles. The van der Waals surface area contributed by atoms with Crippen molar-refractivity contribution >= 4 is 35.1 Å². The summed E-state index contributed by atoms with van der Waals surface area (Å²) in [5, 5.41) is 6.37. The number of Topliss-reactive ketones (excluding diaryl/α,β-unsaturated/α-hetero) is 1. The van der Waals surface area contributed by atoms with Crippen LogP contribution in [0.4, 0.5) is 36.4 Å². The average Bonchev–Trinajstić information content (AvgIpc) is 3.49. The number of amides is 4. The Morgan fingerprint density at radius 3 is 2.35 bits per heavy atom. The Morgan fingerprint density at radius 1 is 1.10 bits per heavy atom. The van der Waals surface area contributed by atoms with Crippen LogP contribution in [0.15, 0.2) is 24.3 Å². The van der Waals surface area contributed by atoms with Crippen molar-refractivity contribution in [1.82, 2.24) is 15.5 Å². The third-order valence-electron chi connectivity index (χ3n) is 6.41. The molecular weight excluding hydrogens is 561 g/mol. The van der Waals surface area contributed by atoms with Gasteiger partial charge in [-0.05, 0) is 31.4 Å². The van der Waals surface area contributed by atoms with Gasteiger partial charge in [0.2, 0.25) is 11.8 Å². The SMILES string of the molecule is O=C(Nc1ccccc1F)C(=O)N1C[C@H](C(F)(F)F)C[C@H]1C(=O)NC(C[C@@H]1CCNC1=O)C(=O)COC(F)(F)F. The van der Waals surface area contributed by atoms with E-state index in [-0.39, 0.29) is 13.0 Å². The zero-order chi connectivity index (χ0) is 29.8. The van der Waals surface area contributed by atoms with Gasteiger partial charge < -0.3 is 20.9 Å². The van der Waals surface area contributed by atoms with E-state index in [0.717, 1.165) is 12.1 Å². The number of halogens is 7. The van der Waals surface area contributed by atoms with Crippen molar-refractivity contribution in [3.05, 3.63) is 30.1 Å². The molecule has 0 bridgehead atoms. The highest BCUT2D eigenvalue weighted by Crippen LogP contribution is 2.37. The van der Waals surface area contributed by atoms with Crippen molar-refractivity contribution < 1.29 is 59.4 Å². The summed E-state index contributed by atoms with van der Waals surface area (Å²) >= 11 is 0. The topological polar surface area (TPSA) is 134 Å². The predicted octanol–water partition coefficient (Wildman–Crippen LogP) is 1.66. The molecule has 0 spiro atoms. The minimum Gasteiger partial charge on any atom is -0.356 e. The minimum atomic E-state index is -5.21. The molecule has 0 saturated carbocycles. The Labute approximate surface area is 221 Å². The van der Waals surface area contributed by atoms with E-state index in [1.54, 1.807) is 0 Å². The van der Waals surface area contributed by atoms with Crippen LogP contribution in [-0.4, -0.2) is 78.6 Å². The van der Waals surface area contributed by atoms with Gasteiger partial charge in [-0.1, -0.05) is 12.1 Å². The number of rotatable bonds is 8. The summed E-state index contributed by atoms with van der Waals surface area (Å²) in [5.74, 6) is -10.6. The molecule has 10 nitrogen and oxygen atoms in total. The molecule has 220 valence electrons. The minimum absolute atomic E-state index is 0.166. The number of para-hydroxylation sites is 1. The Bertz CT molecular complexity index is 1160. The van der Waals surface area contributed by atoms with E-state index < -0.39 is 103 Å². The molecule has 0 aliphatic carbocycles. The number of likely N-dealkylation sites (tertiary alicyclic amines) is 1. The van der Waals surface area contributed by atoms with Crippen molar-refractivity contribution in [3.63, 3.8) is 0 Å². The van der Waals surface area contributed by atoms with Gasteiger partial charge in [0.15, 0.2) is 5.78 Å². The highest BCUT2D eigenvalue weighted by Gasteiger charge is 2.52. The highest BCUT2D eigenvalue weighted by atomic mass is 19.4. The number of anilines is 1. The van der Waals surface area contributed by atoms with Gasteiger partial charge in [0.25, 0.3) is 0 Å². The molecule has 3 rings (SSSR count). The van der Waals surface area contributed by atoms with Gasteiger partial charge in [-0.3, -0.25) is 28.7 Å². The largest absolute Gasteiger partial charge is 0.522 e. The average molecular weight is 584 g/mol. The van der Waals surface area contributed by atoms with Crippen molar-refractivity contribution in [2.24, 2.45) is 11.8 Å². The molecular formula is C23H23F7N4O6. The number of nitrogens with one attached hydrogen (secondary N) is 3. The van der Waals surface area contributed by atoms with Crippen LogP contribution in [0.25, 0.3) is 0 Å². The summed E-state index contributed by atoms with van der Waals surface area (Å²) in [6.07, 6.45) is -11.5. The molecule has 0 radical (unpaired) electrons. The van der Waals surface area contributed by atoms with Gasteiger partial charge in [-0.15, -0.1) is 13.2 Å². The molecule has 40 heavy (non-hydrogen) atoms. The summed E-state index contributed by atoms with van der Waals surface area (Å²) in [4.78, 5) is 63.0. The van der Waals surface area contributed by atoms with E-state index in [1.165, 1.54) is 12.1 Å². The number of ketones is 1. The summed E-state index contributed by atoms with van der Waals surface area (Å²) in [5.41, 5.74) is -0.460. The molecule has 2 aliphatic rings. The van der Waals surface area contributed by atoms with Crippen LogP contribution in [0.3, 0.4) is 0 Å². The highest BCUT2D eigenvalue weighted by molar-refractivity contribution is 6.40. The maximum absolute atomic E-state index is 13.9. The zero-order valence-electron chi connectivity index (χ0n) is 20.4. The van der Waals surface area contributed by atoms with Crippen LogP contribution in [0.2, 0.25) is 0 Å². The maximum atomic E-state index is 13.9. The first-order valence-corrected chi connectivity index (χ1v) is 11.8. The standard InChI is InChI=1S/C23H23F7N4O6/c24-13-3-1-2-4-14(13)32-20(38)21(39)34-9-12(22(25,26)27)8-16(34)19(37)33-15(7-11-5-6-31-18(11)36)17(35)10-40-23(28,29)30/h1-4,11-12,15-16H,5-10H2,(H,31,36)(H,32,38)(H,33,37)/t11-,12+,15?,16-/m0/s1.